The average molecular weight is 317 g/mol. The lowest BCUT2D eigenvalue weighted by molar-refractivity contribution is -0.147. The van der Waals surface area contributed by atoms with Crippen molar-refractivity contribution in [2.45, 2.75) is 57.7 Å². The van der Waals surface area contributed by atoms with Crippen LogP contribution in [0.2, 0.25) is 0 Å². The van der Waals surface area contributed by atoms with Crippen molar-refractivity contribution in [2.24, 2.45) is 28.9 Å². The topological polar surface area (TPSA) is 72.5 Å². The van der Waals surface area contributed by atoms with E-state index in [1.165, 1.54) is 18.3 Å². The normalized spacial score (nSPS) is 46.1. The number of rotatable bonds is 1. The molecule has 0 aliphatic heterocycles. The summed E-state index contributed by atoms with van der Waals surface area (Å²) in [5, 5.41) is 10.5. The summed E-state index contributed by atoms with van der Waals surface area (Å²) < 4.78 is 5.25. The number of ketones is 1. The van der Waals surface area contributed by atoms with Crippen LogP contribution < -0.4 is 5.73 Å². The van der Waals surface area contributed by atoms with E-state index in [1.54, 1.807) is 0 Å². The van der Waals surface area contributed by atoms with Crippen molar-refractivity contribution in [3.63, 3.8) is 0 Å². The molecule has 5 atom stereocenters. The fourth-order valence-corrected chi connectivity index (χ4v) is 5.93. The molecule has 3 fully saturated rings. The van der Waals surface area contributed by atoms with E-state index in [4.69, 9.17) is 10.5 Å². The van der Waals surface area contributed by atoms with Gasteiger partial charge >= 0.3 is 0 Å². The molecule has 4 aliphatic rings. The van der Waals surface area contributed by atoms with E-state index >= 15 is 0 Å². The number of carbonyl (C=O) groups excluding carboxylic acids is 1. The minimum atomic E-state index is -1.25. The third-order valence-corrected chi connectivity index (χ3v) is 7.15. The maximum absolute atomic E-state index is 12.4. The van der Waals surface area contributed by atoms with E-state index in [1.807, 2.05) is 6.08 Å². The molecule has 4 heteroatoms. The second-order valence-electron chi connectivity index (χ2n) is 8.17. The zero-order valence-corrected chi connectivity index (χ0v) is 14.1. The molecule has 0 radical (unpaired) electrons. The fourth-order valence-electron chi connectivity index (χ4n) is 5.93. The van der Waals surface area contributed by atoms with Crippen LogP contribution in [0.3, 0.4) is 0 Å². The number of hydrogen-bond donors (Lipinski definition) is 2. The maximum Gasteiger partial charge on any atom is 0.191 e. The Bertz CT molecular complexity index is 622. The van der Waals surface area contributed by atoms with Crippen LogP contribution >= 0.6 is 0 Å². The lowest BCUT2D eigenvalue weighted by Crippen LogP contribution is -2.46. The summed E-state index contributed by atoms with van der Waals surface area (Å²) in [5.74, 6) is 0.767. The largest absolute Gasteiger partial charge is 0.402 e. The first-order valence-electron chi connectivity index (χ1n) is 8.89. The Morgan fingerprint density at radius 2 is 2.09 bits per heavy atom. The van der Waals surface area contributed by atoms with Gasteiger partial charge in [0.15, 0.2) is 5.79 Å². The van der Waals surface area contributed by atoms with E-state index in [9.17, 15) is 9.90 Å². The van der Waals surface area contributed by atoms with Crippen LogP contribution in [0.4, 0.5) is 0 Å². The maximum atomic E-state index is 12.4. The van der Waals surface area contributed by atoms with E-state index < -0.39 is 5.79 Å². The van der Waals surface area contributed by atoms with Gasteiger partial charge in [0.05, 0.1) is 0 Å². The smallest absolute Gasteiger partial charge is 0.191 e. The third kappa shape index (κ3) is 2.07. The molecule has 23 heavy (non-hydrogen) atoms. The van der Waals surface area contributed by atoms with Gasteiger partial charge in [-0.05, 0) is 67.1 Å². The van der Waals surface area contributed by atoms with Gasteiger partial charge in [0.2, 0.25) is 0 Å². The van der Waals surface area contributed by atoms with Gasteiger partial charge in [-0.15, -0.1) is 0 Å². The molecule has 0 spiro atoms. The lowest BCUT2D eigenvalue weighted by Gasteiger charge is -2.50. The number of aliphatic hydroxyl groups is 1. The van der Waals surface area contributed by atoms with Gasteiger partial charge in [-0.1, -0.05) is 6.92 Å². The zero-order valence-electron chi connectivity index (χ0n) is 14.1. The van der Waals surface area contributed by atoms with E-state index in [-0.39, 0.29) is 5.41 Å². The first-order chi connectivity index (χ1) is 10.9. The predicted molar refractivity (Wildman–Crippen MR) is 87.2 cm³/mol. The number of Topliss-reactive ketones (excluding diaryl/α,β-unsaturated/α-hetero) is 1. The van der Waals surface area contributed by atoms with Gasteiger partial charge in [0.1, 0.15) is 5.78 Å². The first-order valence-corrected chi connectivity index (χ1v) is 8.89. The van der Waals surface area contributed by atoms with Crippen molar-refractivity contribution in [3.05, 3.63) is 22.9 Å². The van der Waals surface area contributed by atoms with Crippen LogP contribution in [0.5, 0.6) is 0 Å². The zero-order chi connectivity index (χ0) is 16.4. The number of methoxy groups -OCH3 is 1. The predicted octanol–water partition coefficient (Wildman–Crippen LogP) is 2.67. The van der Waals surface area contributed by atoms with Crippen LogP contribution in [0.25, 0.3) is 0 Å². The molecule has 0 amide bonds. The van der Waals surface area contributed by atoms with Gasteiger partial charge in [-0.25, -0.2) is 0 Å². The minimum Gasteiger partial charge on any atom is -0.402 e. The Balaban J connectivity index is 1.69. The summed E-state index contributed by atoms with van der Waals surface area (Å²) >= 11 is 0. The number of fused-ring (bicyclic) bond motifs is 5. The average Bonchev–Trinajstić information content (AvgIpc) is 2.82. The number of carbonyl (C=O) groups is 1. The summed E-state index contributed by atoms with van der Waals surface area (Å²) in [6.07, 6.45) is 8.09. The monoisotopic (exact) mass is 317 g/mol. The molecule has 0 aromatic heterocycles. The number of hydrogen-bond acceptors (Lipinski definition) is 4. The molecule has 3 saturated carbocycles. The Kier molecular flexibility index (Phi) is 3.30. The highest BCUT2D eigenvalue weighted by Crippen LogP contribution is 2.60. The van der Waals surface area contributed by atoms with Crippen LogP contribution in [-0.2, 0) is 9.53 Å². The van der Waals surface area contributed by atoms with E-state index in [0.717, 1.165) is 44.2 Å². The second-order valence-corrected chi connectivity index (χ2v) is 8.17. The molecule has 0 saturated heterocycles. The van der Waals surface area contributed by atoms with E-state index in [0.29, 0.717) is 30.0 Å². The number of allylic oxidation sites excluding steroid dienone is 2. The number of nitrogens with two attached hydrogens (primary N) is 1. The minimum absolute atomic E-state index is 0.0976. The highest BCUT2D eigenvalue weighted by atomic mass is 16.6. The summed E-state index contributed by atoms with van der Waals surface area (Å²) in [7, 11) is 1.52. The molecule has 0 heterocycles. The molecule has 0 aromatic rings. The summed E-state index contributed by atoms with van der Waals surface area (Å²) in [4.78, 5) is 12.4. The molecule has 0 bridgehead atoms. The first kappa shape index (κ1) is 15.4. The van der Waals surface area contributed by atoms with Crippen molar-refractivity contribution < 1.29 is 14.6 Å². The fraction of sp³-hybridized carbons (Fsp3) is 0.737. The van der Waals surface area contributed by atoms with Crippen LogP contribution in [0, 0.1) is 23.2 Å². The highest BCUT2D eigenvalue weighted by Gasteiger charge is 2.55. The molecule has 3 N–H and O–H groups in total. The van der Waals surface area contributed by atoms with Crippen molar-refractivity contribution >= 4 is 5.78 Å². The molecular formula is C19H27NO3. The Morgan fingerprint density at radius 1 is 1.30 bits per heavy atom. The molecule has 1 unspecified atom stereocenters. The van der Waals surface area contributed by atoms with Crippen molar-refractivity contribution in [2.75, 3.05) is 7.11 Å². The summed E-state index contributed by atoms with van der Waals surface area (Å²) in [6, 6.07) is 0. The molecule has 126 valence electrons. The van der Waals surface area contributed by atoms with Crippen molar-refractivity contribution in [3.8, 4) is 0 Å². The summed E-state index contributed by atoms with van der Waals surface area (Å²) in [5.41, 5.74) is 9.51. The molecular weight excluding hydrogens is 290 g/mol. The molecule has 4 rings (SSSR count). The van der Waals surface area contributed by atoms with E-state index in [2.05, 4.69) is 6.92 Å². The molecule has 4 aliphatic carbocycles. The Hall–Kier alpha value is -1.13. The lowest BCUT2D eigenvalue weighted by atomic mass is 9.54. The van der Waals surface area contributed by atoms with Crippen LogP contribution in [0.15, 0.2) is 22.9 Å². The standard InChI is InChI=1S/C19H27NO3/c1-18-8-7-13-12(14(18)5-6-16(18)21)4-3-11-9-19(22,23-2)10-15(20)17(11)13/h9,12-14,22H,3-8,10,20H2,1-2H3/t12-,13+,14+,18+,19?/m1/s1. The molecule has 4 nitrogen and oxygen atoms in total. The van der Waals surface area contributed by atoms with Crippen molar-refractivity contribution in [1.29, 1.82) is 0 Å². The van der Waals surface area contributed by atoms with Gasteiger partial charge in [0.25, 0.3) is 0 Å². The SMILES string of the molecule is COC1(O)C=C2CC[C@@H]3[C@H](CC[C@]4(C)C(=O)CC[C@@H]34)C2=C(N)C1. The highest BCUT2D eigenvalue weighted by molar-refractivity contribution is 5.87. The second kappa shape index (κ2) is 4.93. The van der Waals surface area contributed by atoms with Crippen molar-refractivity contribution in [1.82, 2.24) is 0 Å². The molecule has 0 aromatic carbocycles. The van der Waals surface area contributed by atoms with Gasteiger partial charge in [-0.2, -0.15) is 0 Å². The Labute approximate surface area is 137 Å². The van der Waals surface area contributed by atoms with Crippen LogP contribution in [-0.4, -0.2) is 23.8 Å². The Morgan fingerprint density at radius 3 is 2.83 bits per heavy atom. The van der Waals surface area contributed by atoms with Gasteiger partial charge < -0.3 is 15.6 Å². The quantitative estimate of drug-likeness (QED) is 0.729. The third-order valence-electron chi connectivity index (χ3n) is 7.15. The van der Waals surface area contributed by atoms with Gasteiger partial charge in [-0.3, -0.25) is 4.79 Å². The number of ether oxygens (including phenoxy) is 1. The van der Waals surface area contributed by atoms with Gasteiger partial charge in [0, 0.05) is 31.1 Å². The summed E-state index contributed by atoms with van der Waals surface area (Å²) in [6.45, 7) is 2.19. The van der Waals surface area contributed by atoms with Crippen LogP contribution in [0.1, 0.15) is 51.9 Å².